The van der Waals surface area contributed by atoms with E-state index in [-0.39, 0.29) is 5.56 Å². The van der Waals surface area contributed by atoms with E-state index in [0.717, 1.165) is 0 Å². The molecule has 0 bridgehead atoms. The van der Waals surface area contributed by atoms with Gasteiger partial charge in [0.05, 0.1) is 24.4 Å². The fourth-order valence-electron chi connectivity index (χ4n) is 1.58. The van der Waals surface area contributed by atoms with E-state index in [1.807, 2.05) is 4.90 Å². The van der Waals surface area contributed by atoms with E-state index in [9.17, 15) is 4.79 Å². The number of halogens is 1. The van der Waals surface area contributed by atoms with E-state index in [1.165, 1.54) is 10.9 Å². The van der Waals surface area contributed by atoms with Gasteiger partial charge in [-0.2, -0.15) is 5.10 Å². The first kappa shape index (κ1) is 10.4. The maximum absolute atomic E-state index is 11.8. The molecule has 1 aromatic rings. The second-order valence-electron chi connectivity index (χ2n) is 3.37. The van der Waals surface area contributed by atoms with E-state index < -0.39 is 0 Å². The van der Waals surface area contributed by atoms with E-state index in [0.29, 0.717) is 37.0 Å². The predicted molar refractivity (Wildman–Crippen MR) is 57.5 cm³/mol. The first-order valence-corrected chi connectivity index (χ1v) is 5.12. The van der Waals surface area contributed by atoms with Gasteiger partial charge in [0.2, 0.25) is 0 Å². The van der Waals surface area contributed by atoms with Gasteiger partial charge in [0.1, 0.15) is 5.69 Å². The van der Waals surface area contributed by atoms with Crippen molar-refractivity contribution in [2.45, 2.75) is 0 Å². The van der Waals surface area contributed by atoms with Crippen molar-refractivity contribution in [3.63, 3.8) is 0 Å². The SMILES string of the molecule is Cn1ncc(Cl)c(N2CCOCC2)c1=O. The van der Waals surface area contributed by atoms with Crippen LogP contribution in [0.4, 0.5) is 5.69 Å². The number of rotatable bonds is 1. The summed E-state index contributed by atoms with van der Waals surface area (Å²) < 4.78 is 6.51. The van der Waals surface area contributed by atoms with E-state index in [1.54, 1.807) is 7.05 Å². The monoisotopic (exact) mass is 229 g/mol. The minimum absolute atomic E-state index is 0.163. The smallest absolute Gasteiger partial charge is 0.291 e. The highest BCUT2D eigenvalue weighted by atomic mass is 35.5. The molecular formula is C9H12ClN3O2. The van der Waals surface area contributed by atoms with Gasteiger partial charge in [0.25, 0.3) is 5.56 Å². The lowest BCUT2D eigenvalue weighted by Crippen LogP contribution is -2.40. The molecule has 1 aliphatic heterocycles. The number of aromatic nitrogens is 2. The zero-order chi connectivity index (χ0) is 10.8. The first-order chi connectivity index (χ1) is 7.20. The molecule has 0 atom stereocenters. The van der Waals surface area contributed by atoms with Crippen molar-refractivity contribution in [2.75, 3.05) is 31.2 Å². The predicted octanol–water partition coefficient (Wildman–Crippen LogP) is 0.270. The van der Waals surface area contributed by atoms with Gasteiger partial charge < -0.3 is 9.64 Å². The lowest BCUT2D eigenvalue weighted by atomic mass is 10.3. The number of nitrogens with zero attached hydrogens (tertiary/aromatic N) is 3. The minimum atomic E-state index is -0.163. The van der Waals surface area contributed by atoms with Gasteiger partial charge in [-0.3, -0.25) is 4.79 Å². The minimum Gasteiger partial charge on any atom is -0.378 e. The zero-order valence-corrected chi connectivity index (χ0v) is 9.20. The number of morpholine rings is 1. The van der Waals surface area contributed by atoms with Gasteiger partial charge in [-0.1, -0.05) is 11.6 Å². The average molecular weight is 230 g/mol. The Labute approximate surface area is 92.2 Å². The number of ether oxygens (including phenoxy) is 1. The van der Waals surface area contributed by atoms with Crippen molar-refractivity contribution in [1.29, 1.82) is 0 Å². The molecule has 1 saturated heterocycles. The van der Waals surface area contributed by atoms with Crippen molar-refractivity contribution in [2.24, 2.45) is 7.05 Å². The van der Waals surface area contributed by atoms with Crippen LogP contribution in [0, 0.1) is 0 Å². The van der Waals surface area contributed by atoms with Crippen LogP contribution in [-0.2, 0) is 11.8 Å². The summed E-state index contributed by atoms with van der Waals surface area (Å²) in [4.78, 5) is 13.8. The first-order valence-electron chi connectivity index (χ1n) is 4.74. The Morgan fingerprint density at radius 2 is 2.13 bits per heavy atom. The summed E-state index contributed by atoms with van der Waals surface area (Å²) in [6, 6.07) is 0. The molecule has 6 heteroatoms. The fourth-order valence-corrected chi connectivity index (χ4v) is 1.82. The Morgan fingerprint density at radius 3 is 2.80 bits per heavy atom. The summed E-state index contributed by atoms with van der Waals surface area (Å²) >= 11 is 5.98. The lowest BCUT2D eigenvalue weighted by Gasteiger charge is -2.28. The summed E-state index contributed by atoms with van der Waals surface area (Å²) in [7, 11) is 1.61. The summed E-state index contributed by atoms with van der Waals surface area (Å²) in [6.07, 6.45) is 1.49. The third-order valence-electron chi connectivity index (χ3n) is 2.39. The molecule has 82 valence electrons. The van der Waals surface area contributed by atoms with Crippen LogP contribution in [0.25, 0.3) is 0 Å². The van der Waals surface area contributed by atoms with Crippen molar-refractivity contribution >= 4 is 17.3 Å². The van der Waals surface area contributed by atoms with Gasteiger partial charge >= 0.3 is 0 Å². The topological polar surface area (TPSA) is 47.4 Å². The van der Waals surface area contributed by atoms with E-state index in [2.05, 4.69) is 5.10 Å². The van der Waals surface area contributed by atoms with Crippen LogP contribution in [0.5, 0.6) is 0 Å². The summed E-state index contributed by atoms with van der Waals surface area (Å²) in [6.45, 7) is 2.64. The van der Waals surface area contributed by atoms with Crippen LogP contribution < -0.4 is 10.5 Å². The highest BCUT2D eigenvalue weighted by Crippen LogP contribution is 2.20. The van der Waals surface area contributed by atoms with Crippen LogP contribution in [0.3, 0.4) is 0 Å². The van der Waals surface area contributed by atoms with Crippen LogP contribution in [0.2, 0.25) is 5.02 Å². The molecule has 0 radical (unpaired) electrons. The zero-order valence-electron chi connectivity index (χ0n) is 8.44. The Morgan fingerprint density at radius 1 is 1.47 bits per heavy atom. The summed E-state index contributed by atoms with van der Waals surface area (Å²) in [5.74, 6) is 0. The number of hydrogen-bond acceptors (Lipinski definition) is 4. The third kappa shape index (κ3) is 1.98. The highest BCUT2D eigenvalue weighted by Gasteiger charge is 2.18. The molecule has 1 aromatic heterocycles. The summed E-state index contributed by atoms with van der Waals surface area (Å²) in [5, 5.41) is 4.25. The van der Waals surface area contributed by atoms with Crippen molar-refractivity contribution < 1.29 is 4.74 Å². The van der Waals surface area contributed by atoms with Gasteiger partial charge in [-0.25, -0.2) is 4.68 Å². The van der Waals surface area contributed by atoms with Gasteiger partial charge in [-0.05, 0) is 0 Å². The Hall–Kier alpha value is -1.07. The van der Waals surface area contributed by atoms with E-state index >= 15 is 0 Å². The molecule has 0 aliphatic carbocycles. The van der Waals surface area contributed by atoms with Crippen LogP contribution in [-0.4, -0.2) is 36.1 Å². The quantitative estimate of drug-likeness (QED) is 0.694. The second-order valence-corrected chi connectivity index (χ2v) is 3.78. The maximum Gasteiger partial charge on any atom is 0.291 e. The molecule has 0 amide bonds. The molecule has 2 rings (SSSR count). The Kier molecular flexibility index (Phi) is 2.93. The Bertz CT molecular complexity index is 412. The van der Waals surface area contributed by atoms with Crippen LogP contribution in [0.15, 0.2) is 11.0 Å². The molecule has 0 N–H and O–H groups in total. The molecule has 15 heavy (non-hydrogen) atoms. The molecule has 0 aromatic carbocycles. The summed E-state index contributed by atoms with van der Waals surface area (Å²) in [5.41, 5.74) is 0.363. The van der Waals surface area contributed by atoms with Gasteiger partial charge in [0, 0.05) is 20.1 Å². The van der Waals surface area contributed by atoms with Crippen molar-refractivity contribution in [1.82, 2.24) is 9.78 Å². The molecule has 1 aliphatic rings. The average Bonchev–Trinajstić information content (AvgIpc) is 2.26. The van der Waals surface area contributed by atoms with Gasteiger partial charge in [-0.15, -0.1) is 0 Å². The van der Waals surface area contributed by atoms with Crippen LogP contribution in [0.1, 0.15) is 0 Å². The molecule has 0 unspecified atom stereocenters. The lowest BCUT2D eigenvalue weighted by molar-refractivity contribution is 0.122. The standard InChI is InChI=1S/C9H12ClN3O2/c1-12-9(14)8(7(10)6-11-12)13-2-4-15-5-3-13/h6H,2-5H2,1H3. The van der Waals surface area contributed by atoms with Crippen molar-refractivity contribution in [3.8, 4) is 0 Å². The van der Waals surface area contributed by atoms with Gasteiger partial charge in [0.15, 0.2) is 0 Å². The highest BCUT2D eigenvalue weighted by molar-refractivity contribution is 6.33. The van der Waals surface area contributed by atoms with Crippen molar-refractivity contribution in [3.05, 3.63) is 21.6 Å². The Balaban J connectivity index is 2.41. The molecule has 5 nitrogen and oxygen atoms in total. The molecule has 0 saturated carbocycles. The molecule has 1 fully saturated rings. The maximum atomic E-state index is 11.8. The molecular weight excluding hydrogens is 218 g/mol. The number of anilines is 1. The number of aryl methyl sites for hydroxylation is 1. The second kappa shape index (κ2) is 4.20. The molecule has 2 heterocycles. The largest absolute Gasteiger partial charge is 0.378 e. The fraction of sp³-hybridized carbons (Fsp3) is 0.556. The number of hydrogen-bond donors (Lipinski definition) is 0. The van der Waals surface area contributed by atoms with E-state index in [4.69, 9.17) is 16.3 Å². The van der Waals surface area contributed by atoms with Crippen LogP contribution >= 0.6 is 11.6 Å². The normalized spacial score (nSPS) is 16.8. The third-order valence-corrected chi connectivity index (χ3v) is 2.67. The molecule has 0 spiro atoms.